The average molecular weight is 334 g/mol. The lowest BCUT2D eigenvalue weighted by Crippen LogP contribution is -2.03. The van der Waals surface area contributed by atoms with Crippen molar-refractivity contribution < 1.29 is 25.0 Å². The summed E-state index contributed by atoms with van der Waals surface area (Å²) in [4.78, 5) is 9.17. The Morgan fingerprint density at radius 3 is 1.35 bits per heavy atom. The summed E-state index contributed by atoms with van der Waals surface area (Å²) in [6, 6.07) is 0. The van der Waals surface area contributed by atoms with Gasteiger partial charge in [0.1, 0.15) is 6.61 Å². The van der Waals surface area contributed by atoms with E-state index >= 15 is 0 Å². The molecule has 0 bridgehead atoms. The Kier molecular flexibility index (Phi) is 21.6. The van der Waals surface area contributed by atoms with Gasteiger partial charge in [-0.2, -0.15) is 0 Å². The van der Waals surface area contributed by atoms with Crippen LogP contribution in [-0.2, 0) is 19.9 Å². The summed E-state index contributed by atoms with van der Waals surface area (Å²) in [5.74, 6) is 0. The van der Waals surface area contributed by atoms with E-state index in [1.807, 2.05) is 0 Å². The van der Waals surface area contributed by atoms with Crippen molar-refractivity contribution in [2.24, 2.45) is 0 Å². The van der Waals surface area contributed by atoms with Crippen LogP contribution in [0.2, 0.25) is 0 Å². The van der Waals surface area contributed by atoms with Gasteiger partial charge in [0.15, 0.2) is 0 Å². The van der Waals surface area contributed by atoms with E-state index in [1.54, 1.807) is 0 Å². The second-order valence-electron chi connectivity index (χ2n) is 6.10. The van der Waals surface area contributed by atoms with Gasteiger partial charge in [-0.05, 0) is 16.5 Å². The van der Waals surface area contributed by atoms with E-state index < -0.39 is 0 Å². The summed E-state index contributed by atoms with van der Waals surface area (Å²) in [7, 11) is 0. The maximum absolute atomic E-state index is 8.41. The molecule has 1 N–H and O–H groups in total. The van der Waals surface area contributed by atoms with E-state index in [-0.39, 0.29) is 13.2 Å². The van der Waals surface area contributed by atoms with Crippen LogP contribution < -0.4 is 0 Å². The van der Waals surface area contributed by atoms with Crippen LogP contribution in [0.3, 0.4) is 0 Å². The van der Waals surface area contributed by atoms with Crippen molar-refractivity contribution in [3.05, 3.63) is 0 Å². The Morgan fingerprint density at radius 2 is 0.913 bits per heavy atom. The van der Waals surface area contributed by atoms with Crippen molar-refractivity contribution >= 4 is 0 Å². The van der Waals surface area contributed by atoms with Crippen LogP contribution in [0.5, 0.6) is 0 Å². The fourth-order valence-electron chi connectivity index (χ4n) is 2.50. The van der Waals surface area contributed by atoms with Gasteiger partial charge in [0.05, 0.1) is 13.2 Å². The maximum Gasteiger partial charge on any atom is 0.109 e. The minimum absolute atomic E-state index is 0.0716. The first-order valence-corrected chi connectivity index (χ1v) is 9.60. The van der Waals surface area contributed by atoms with Crippen LogP contribution >= 0.6 is 0 Å². The fourth-order valence-corrected chi connectivity index (χ4v) is 2.50. The Bertz CT molecular complexity index is 182. The number of rotatable bonds is 20. The molecule has 0 aliphatic rings. The lowest BCUT2D eigenvalue weighted by atomic mass is 10.0. The monoisotopic (exact) mass is 334 g/mol. The number of aliphatic hydroxyl groups is 1. The molecule has 5 nitrogen and oxygen atoms in total. The molecule has 0 aromatic heterocycles. The predicted molar refractivity (Wildman–Crippen MR) is 91.5 cm³/mol. The van der Waals surface area contributed by atoms with Gasteiger partial charge in [-0.1, -0.05) is 90.4 Å². The average Bonchev–Trinajstić information content (AvgIpc) is 2.57. The molecule has 140 valence electrons. The summed E-state index contributed by atoms with van der Waals surface area (Å²) in [6.07, 6.45) is 18.7. The lowest BCUT2D eigenvalue weighted by molar-refractivity contribution is -0.634. The third-order valence-corrected chi connectivity index (χ3v) is 3.88. The molecule has 0 aliphatic heterocycles. The topological polar surface area (TPSA) is 57.2 Å². The molecule has 0 unspecified atom stereocenters. The maximum atomic E-state index is 8.41. The second kappa shape index (κ2) is 21.8. The number of aliphatic hydroxyl groups excluding tert-OH is 1. The highest BCUT2D eigenvalue weighted by Crippen LogP contribution is 2.12. The third-order valence-electron chi connectivity index (χ3n) is 3.88. The van der Waals surface area contributed by atoms with Gasteiger partial charge in [-0.15, -0.1) is 0 Å². The molecule has 0 saturated carbocycles. The Morgan fingerprint density at radius 1 is 0.522 bits per heavy atom. The zero-order valence-corrected chi connectivity index (χ0v) is 15.1. The molecule has 0 amide bonds. The van der Waals surface area contributed by atoms with Gasteiger partial charge in [0, 0.05) is 0 Å². The molecule has 23 heavy (non-hydrogen) atoms. The molecular formula is C18H38O5. The molecule has 0 spiro atoms. The van der Waals surface area contributed by atoms with Crippen molar-refractivity contribution in [2.45, 2.75) is 96.8 Å². The van der Waals surface area contributed by atoms with Gasteiger partial charge < -0.3 is 5.11 Å². The highest BCUT2D eigenvalue weighted by molar-refractivity contribution is 4.49. The van der Waals surface area contributed by atoms with Gasteiger partial charge in [0.2, 0.25) is 0 Å². The minimum atomic E-state index is -0.109. The van der Waals surface area contributed by atoms with Crippen molar-refractivity contribution in [2.75, 3.05) is 19.8 Å². The van der Waals surface area contributed by atoms with Crippen LogP contribution in [0, 0.1) is 0 Å². The van der Waals surface area contributed by atoms with Crippen molar-refractivity contribution in [3.63, 3.8) is 0 Å². The zero-order chi connectivity index (χ0) is 16.8. The zero-order valence-electron chi connectivity index (χ0n) is 15.1. The molecule has 5 heteroatoms. The van der Waals surface area contributed by atoms with E-state index in [4.69, 9.17) is 9.99 Å². The van der Waals surface area contributed by atoms with E-state index in [0.29, 0.717) is 6.61 Å². The smallest absolute Gasteiger partial charge is 0.109 e. The van der Waals surface area contributed by atoms with Crippen LogP contribution in [0.15, 0.2) is 0 Å². The standard InChI is InChI=1S/C18H38O5/c1-2-3-4-5-6-7-8-9-10-11-12-13-14-15-17-20-22-23-21-18-16-19/h19H,2-18H2,1H3. The summed E-state index contributed by atoms with van der Waals surface area (Å²) in [5, 5.41) is 16.9. The lowest BCUT2D eigenvalue weighted by Gasteiger charge is -2.03. The second-order valence-corrected chi connectivity index (χ2v) is 6.10. The largest absolute Gasteiger partial charge is 0.394 e. The minimum Gasteiger partial charge on any atom is -0.394 e. The van der Waals surface area contributed by atoms with Crippen LogP contribution in [0.1, 0.15) is 96.8 Å². The molecule has 0 heterocycles. The van der Waals surface area contributed by atoms with Crippen LogP contribution in [-0.4, -0.2) is 24.9 Å². The van der Waals surface area contributed by atoms with Crippen LogP contribution in [0.4, 0.5) is 0 Å². The molecule has 0 fully saturated rings. The van der Waals surface area contributed by atoms with Gasteiger partial charge in [-0.25, -0.2) is 9.78 Å². The summed E-state index contributed by atoms with van der Waals surface area (Å²) < 4.78 is 0. The fraction of sp³-hybridized carbons (Fsp3) is 1.00. The first kappa shape index (κ1) is 22.8. The predicted octanol–water partition coefficient (Wildman–Crippen LogP) is 5.27. The summed E-state index contributed by atoms with van der Waals surface area (Å²) in [6.45, 7) is 2.73. The first-order chi connectivity index (χ1) is 11.4. The number of hydrogen-bond acceptors (Lipinski definition) is 5. The summed E-state index contributed by atoms with van der Waals surface area (Å²) >= 11 is 0. The normalized spacial score (nSPS) is 11.2. The Balaban J connectivity index is 2.92. The van der Waals surface area contributed by atoms with E-state index in [1.165, 1.54) is 77.0 Å². The number of hydrogen-bond donors (Lipinski definition) is 1. The van der Waals surface area contributed by atoms with E-state index in [9.17, 15) is 0 Å². The Hall–Kier alpha value is -0.200. The van der Waals surface area contributed by atoms with Crippen molar-refractivity contribution in [3.8, 4) is 0 Å². The van der Waals surface area contributed by atoms with E-state index in [0.717, 1.165) is 12.8 Å². The SMILES string of the molecule is CCCCCCCCCCCCCCCCOOOOCCO. The van der Waals surface area contributed by atoms with E-state index in [2.05, 4.69) is 21.9 Å². The molecule has 0 aromatic carbocycles. The molecule has 0 radical (unpaired) electrons. The van der Waals surface area contributed by atoms with Crippen molar-refractivity contribution in [1.82, 2.24) is 0 Å². The van der Waals surface area contributed by atoms with Crippen LogP contribution in [0.25, 0.3) is 0 Å². The highest BCUT2D eigenvalue weighted by atomic mass is 17.7. The molecule has 0 aromatic rings. The molecule has 0 saturated heterocycles. The Labute approximate surface area is 142 Å². The van der Waals surface area contributed by atoms with Crippen molar-refractivity contribution in [1.29, 1.82) is 0 Å². The molecule has 0 aliphatic carbocycles. The molecule has 0 rings (SSSR count). The quantitative estimate of drug-likeness (QED) is 0.187. The van der Waals surface area contributed by atoms with Gasteiger partial charge >= 0.3 is 0 Å². The first-order valence-electron chi connectivity index (χ1n) is 9.60. The number of unbranched alkanes of at least 4 members (excludes halogenated alkanes) is 13. The summed E-state index contributed by atoms with van der Waals surface area (Å²) in [5.41, 5.74) is 0. The highest BCUT2D eigenvalue weighted by Gasteiger charge is 1.95. The van der Waals surface area contributed by atoms with Gasteiger partial charge in [-0.3, -0.25) is 0 Å². The molecular weight excluding hydrogens is 296 g/mol. The molecule has 0 atom stereocenters. The third kappa shape index (κ3) is 21.8. The van der Waals surface area contributed by atoms with Gasteiger partial charge in [0.25, 0.3) is 0 Å².